The zero-order chi connectivity index (χ0) is 41.0. The Morgan fingerprint density at radius 3 is 2.53 bits per heavy atom. The summed E-state index contributed by atoms with van der Waals surface area (Å²) in [5.41, 5.74) is -0.619. The highest BCUT2D eigenvalue weighted by Crippen LogP contribution is 2.46. The molecule has 3 fully saturated rings. The van der Waals surface area contributed by atoms with E-state index in [1.165, 1.54) is 4.90 Å². The van der Waals surface area contributed by atoms with Gasteiger partial charge in [0.1, 0.15) is 46.2 Å². The third kappa shape index (κ3) is 7.90. The lowest BCUT2D eigenvalue weighted by Gasteiger charge is -2.30. The van der Waals surface area contributed by atoms with Gasteiger partial charge in [-0.2, -0.15) is 0 Å². The first-order valence-corrected chi connectivity index (χ1v) is 21.5. The van der Waals surface area contributed by atoms with E-state index >= 15 is 0 Å². The predicted molar refractivity (Wildman–Crippen MR) is 215 cm³/mol. The number of nitrogens with one attached hydrogen (secondary N) is 3. The maximum absolute atomic E-state index is 14.7. The number of carbonyl (C=O) groups excluding carboxylic acids is 4. The Balaban J connectivity index is 1.14. The number of aromatic nitrogens is 1. The number of ether oxygens (including phenoxy) is 3. The quantitative estimate of drug-likeness (QED) is 0.203. The molecule has 2 aromatic heterocycles. The van der Waals surface area contributed by atoms with E-state index in [0.717, 1.165) is 23.6 Å². The van der Waals surface area contributed by atoms with Crippen LogP contribution in [0.2, 0.25) is 0 Å². The second-order valence-electron chi connectivity index (χ2n) is 16.8. The molecular weight excluding hydrogens is 767 g/mol. The first-order valence-electron chi connectivity index (χ1n) is 20.0. The van der Waals surface area contributed by atoms with Crippen LogP contribution < -0.4 is 24.8 Å². The van der Waals surface area contributed by atoms with Crippen molar-refractivity contribution in [2.75, 3.05) is 13.7 Å². The van der Waals surface area contributed by atoms with E-state index in [-0.39, 0.29) is 25.3 Å². The Morgan fingerprint density at radius 1 is 1.02 bits per heavy atom. The van der Waals surface area contributed by atoms with Gasteiger partial charge in [-0.3, -0.25) is 19.1 Å². The minimum atomic E-state index is -3.91. The van der Waals surface area contributed by atoms with Crippen LogP contribution in [0.25, 0.3) is 32.8 Å². The maximum atomic E-state index is 14.7. The van der Waals surface area contributed by atoms with Crippen molar-refractivity contribution in [2.24, 2.45) is 5.92 Å². The number of benzene rings is 2. The summed E-state index contributed by atoms with van der Waals surface area (Å²) in [6.07, 6.45) is 6.57. The molecule has 4 aromatic rings. The first-order chi connectivity index (χ1) is 27.7. The number of carbonyl (C=O) groups is 4. The van der Waals surface area contributed by atoms with Crippen molar-refractivity contribution < 1.29 is 46.2 Å². The summed E-state index contributed by atoms with van der Waals surface area (Å²) in [7, 11) is -2.33. The number of hydrogen-bond acceptors (Lipinski definition) is 11. The van der Waals surface area contributed by atoms with E-state index in [1.807, 2.05) is 48.6 Å². The third-order valence-electron chi connectivity index (χ3n) is 11.3. The summed E-state index contributed by atoms with van der Waals surface area (Å²) in [5, 5.41) is 7.14. The Labute approximate surface area is 336 Å². The fourth-order valence-corrected chi connectivity index (χ4v) is 9.42. The van der Waals surface area contributed by atoms with Gasteiger partial charge in [0.15, 0.2) is 5.58 Å². The lowest BCUT2D eigenvalue weighted by Crippen LogP contribution is -2.58. The van der Waals surface area contributed by atoms with Crippen molar-refractivity contribution in [2.45, 2.75) is 113 Å². The Kier molecular flexibility index (Phi) is 10.3. The highest BCUT2D eigenvalue weighted by molar-refractivity contribution is 7.91. The molecule has 308 valence electrons. The molecule has 4 amide bonds. The lowest BCUT2D eigenvalue weighted by molar-refractivity contribution is -0.141. The molecule has 5 atom stereocenters. The molecule has 3 N–H and O–H groups in total. The average Bonchev–Trinajstić information content (AvgIpc) is 4.08. The van der Waals surface area contributed by atoms with Gasteiger partial charge in [-0.05, 0) is 83.6 Å². The molecule has 1 unspecified atom stereocenters. The zero-order valence-corrected chi connectivity index (χ0v) is 33.9. The summed E-state index contributed by atoms with van der Waals surface area (Å²) in [6.45, 7) is 5.14. The number of fused-ring (bicyclic) bond motifs is 7. The van der Waals surface area contributed by atoms with Gasteiger partial charge in [0.2, 0.25) is 27.7 Å². The third-order valence-corrected chi connectivity index (χ3v) is 13.1. The summed E-state index contributed by atoms with van der Waals surface area (Å²) >= 11 is 0. The highest BCUT2D eigenvalue weighted by atomic mass is 32.2. The molecule has 4 aliphatic rings. The second kappa shape index (κ2) is 15.1. The molecule has 2 saturated carbocycles. The van der Waals surface area contributed by atoms with Gasteiger partial charge >= 0.3 is 6.09 Å². The number of hydrogen-bond donors (Lipinski definition) is 3. The van der Waals surface area contributed by atoms with Crippen LogP contribution in [0.1, 0.15) is 78.6 Å². The summed E-state index contributed by atoms with van der Waals surface area (Å²) in [4.78, 5) is 62.4. The fourth-order valence-electron chi connectivity index (χ4n) is 8.06. The normalized spacial score (nSPS) is 26.2. The van der Waals surface area contributed by atoms with Gasteiger partial charge in [0.25, 0.3) is 5.91 Å². The molecule has 8 rings (SSSR count). The summed E-state index contributed by atoms with van der Waals surface area (Å²) in [6, 6.07) is 10.8. The van der Waals surface area contributed by atoms with Crippen molar-refractivity contribution in [3.63, 3.8) is 0 Å². The Morgan fingerprint density at radius 2 is 1.79 bits per heavy atom. The number of pyridine rings is 1. The number of amides is 4. The van der Waals surface area contributed by atoms with Crippen LogP contribution in [-0.4, -0.2) is 90.3 Å². The number of rotatable bonds is 7. The zero-order valence-electron chi connectivity index (χ0n) is 33.0. The molecular formula is C42H49N5O10S. The number of sulfonamides is 1. The van der Waals surface area contributed by atoms with Gasteiger partial charge in [-0.15, -0.1) is 0 Å². The van der Waals surface area contributed by atoms with Crippen molar-refractivity contribution in [1.29, 1.82) is 0 Å². The van der Waals surface area contributed by atoms with Gasteiger partial charge in [0, 0.05) is 23.1 Å². The average molecular weight is 816 g/mol. The fraction of sp³-hybridized carbons (Fsp3) is 0.500. The van der Waals surface area contributed by atoms with Crippen molar-refractivity contribution in [3.8, 4) is 11.6 Å². The molecule has 0 radical (unpaired) electrons. The molecule has 58 heavy (non-hydrogen) atoms. The number of alkyl carbamates (subject to hydrolysis) is 1. The smallest absolute Gasteiger partial charge is 0.408 e. The van der Waals surface area contributed by atoms with Gasteiger partial charge < -0.3 is 34.2 Å². The summed E-state index contributed by atoms with van der Waals surface area (Å²) < 4.78 is 52.0. The van der Waals surface area contributed by atoms with Gasteiger partial charge in [0.05, 0.1) is 24.3 Å². The van der Waals surface area contributed by atoms with E-state index in [9.17, 15) is 27.6 Å². The maximum Gasteiger partial charge on any atom is 0.408 e. The van der Waals surface area contributed by atoms with E-state index < -0.39 is 74.3 Å². The van der Waals surface area contributed by atoms with E-state index in [0.29, 0.717) is 59.9 Å². The summed E-state index contributed by atoms with van der Waals surface area (Å²) in [5.74, 6) is -1.49. The molecule has 2 aromatic carbocycles. The number of nitrogens with zero attached hydrogens (tertiary/aromatic N) is 2. The van der Waals surface area contributed by atoms with Crippen LogP contribution in [-0.2, 0) is 29.1 Å². The second-order valence-corrected chi connectivity index (χ2v) is 18.8. The van der Waals surface area contributed by atoms with E-state index in [1.54, 1.807) is 33.9 Å². The van der Waals surface area contributed by atoms with Crippen LogP contribution in [0.4, 0.5) is 4.79 Å². The molecule has 2 aliphatic carbocycles. The van der Waals surface area contributed by atoms with Crippen LogP contribution >= 0.6 is 0 Å². The van der Waals surface area contributed by atoms with Crippen LogP contribution in [0, 0.1) is 5.92 Å². The molecule has 0 spiro atoms. The van der Waals surface area contributed by atoms with Crippen molar-refractivity contribution in [1.82, 2.24) is 25.2 Å². The SMILES string of the molecule is COc1ccc2oc3c4ccccc4c(O[C@@H]4C[C@H]5C(=O)N[C@]6(C(=O)NS(=O)(=O)C7CC7)CC6/C=C/CCCCC[C@H](NC(=O)OC(C)(C)C)C(=O)N5C4)nc3c2c1. The van der Waals surface area contributed by atoms with Gasteiger partial charge in [-0.1, -0.05) is 43.2 Å². The molecule has 16 heteroatoms. The topological polar surface area (TPSA) is 195 Å². The highest BCUT2D eigenvalue weighted by Gasteiger charge is 2.62. The number of furan rings is 1. The largest absolute Gasteiger partial charge is 0.497 e. The van der Waals surface area contributed by atoms with Crippen LogP contribution in [0.3, 0.4) is 0 Å². The molecule has 0 bridgehead atoms. The van der Waals surface area contributed by atoms with Crippen LogP contribution in [0.5, 0.6) is 11.6 Å². The molecule has 1 saturated heterocycles. The number of allylic oxidation sites excluding steroid dienone is 1. The van der Waals surface area contributed by atoms with Crippen molar-refractivity contribution >= 4 is 66.7 Å². The Hall–Kier alpha value is -5.38. The molecule has 4 heterocycles. The molecule has 2 aliphatic heterocycles. The van der Waals surface area contributed by atoms with E-state index in [4.69, 9.17) is 23.6 Å². The monoisotopic (exact) mass is 815 g/mol. The number of methoxy groups -OCH3 is 1. The van der Waals surface area contributed by atoms with Crippen LogP contribution in [0.15, 0.2) is 59.0 Å². The van der Waals surface area contributed by atoms with Gasteiger partial charge in [-0.25, -0.2) is 18.2 Å². The minimum Gasteiger partial charge on any atom is -0.497 e. The first kappa shape index (κ1) is 39.4. The minimum absolute atomic E-state index is 0.0172. The Bertz CT molecular complexity index is 2440. The standard InChI is InChI=1S/C42H49N5O10S/c1-41(2,3)57-40(51)43-31-15-9-7-5-6-8-12-24-22-42(24,39(50)46-58(52,53)27-17-18-27)45-36(48)32-21-26(23-47(32)38(31)49)55-37-29-14-11-10-13-28(29)35-34(44-37)30-20-25(54-4)16-19-33(30)56-35/h8,10-14,16,19-20,24,26-27,31-32H,5-7,9,15,17-18,21-23H2,1-4H3,(H,43,51)(H,45,48)(H,46,50)/b12-8+/t24?,26-,31+,32+,42-/m1/s1. The predicted octanol–water partition coefficient (Wildman–Crippen LogP) is 5.39. The van der Waals surface area contributed by atoms with Crippen molar-refractivity contribution in [3.05, 3.63) is 54.6 Å². The molecule has 15 nitrogen and oxygen atoms in total. The lowest BCUT2D eigenvalue weighted by atomic mass is 10.0. The van der Waals surface area contributed by atoms with E-state index in [2.05, 4.69) is 15.4 Å².